The summed E-state index contributed by atoms with van der Waals surface area (Å²) in [5.41, 5.74) is 7.62. The van der Waals surface area contributed by atoms with E-state index in [1.807, 2.05) is 0 Å². The lowest BCUT2D eigenvalue weighted by Crippen LogP contribution is -2.22. The van der Waals surface area contributed by atoms with E-state index >= 15 is 0 Å². The lowest BCUT2D eigenvalue weighted by molar-refractivity contribution is 0.201. The molecule has 9 nitrogen and oxygen atoms in total. The fraction of sp³-hybridized carbons (Fsp3) is 0.0556. The first-order valence-electron chi connectivity index (χ1n) is 8.45. The van der Waals surface area contributed by atoms with Gasteiger partial charge in [-0.2, -0.15) is 4.98 Å². The summed E-state index contributed by atoms with van der Waals surface area (Å²) in [6, 6.07) is 8.50. The Morgan fingerprint density at radius 1 is 1.23 bits per heavy atom. The highest BCUT2D eigenvalue weighted by Gasteiger charge is 2.21. The van der Waals surface area contributed by atoms with Crippen molar-refractivity contribution in [3.63, 3.8) is 0 Å². The van der Waals surface area contributed by atoms with Crippen LogP contribution in [0.4, 0.5) is 10.7 Å². The van der Waals surface area contributed by atoms with Crippen LogP contribution >= 0.6 is 34.5 Å². The number of aromatic amines is 1. The van der Waals surface area contributed by atoms with E-state index in [1.54, 1.807) is 30.3 Å². The van der Waals surface area contributed by atoms with E-state index in [-0.39, 0.29) is 11.8 Å². The largest absolute Gasteiger partial charge is 0.413 e. The molecule has 0 radical (unpaired) electrons. The van der Waals surface area contributed by atoms with Crippen molar-refractivity contribution in [2.45, 2.75) is 0 Å². The minimum Gasteiger partial charge on any atom is -0.391 e. The van der Waals surface area contributed by atoms with Crippen LogP contribution in [0.25, 0.3) is 32.5 Å². The molecule has 0 saturated heterocycles. The van der Waals surface area contributed by atoms with Crippen molar-refractivity contribution in [2.24, 2.45) is 0 Å². The third-order valence-electron chi connectivity index (χ3n) is 3.91. The van der Waals surface area contributed by atoms with E-state index < -0.39 is 6.09 Å². The first kappa shape index (κ1) is 20.1. The molecule has 3 aromatic heterocycles. The summed E-state index contributed by atoms with van der Waals surface area (Å²) >= 11 is 13.8. The van der Waals surface area contributed by atoms with Crippen molar-refractivity contribution < 1.29 is 9.53 Å². The number of carbonyl (C=O) groups excluding carboxylic acids is 1. The lowest BCUT2D eigenvalue weighted by Gasteiger charge is -2.04. The topological polar surface area (TPSA) is 132 Å². The first-order valence-corrected chi connectivity index (χ1v) is 10.0. The average molecular weight is 462 g/mol. The smallest absolute Gasteiger partial charge is 0.391 e. The molecule has 0 spiro atoms. The van der Waals surface area contributed by atoms with Crippen molar-refractivity contribution >= 4 is 46.6 Å². The second kappa shape index (κ2) is 8.27. The first-order chi connectivity index (χ1) is 14.4. The number of nitrogens with two attached hydrogens (primary N) is 1. The highest BCUT2D eigenvalue weighted by Crippen LogP contribution is 2.42. The average Bonchev–Trinajstić information content (AvgIpc) is 3.34. The second-order valence-corrected chi connectivity index (χ2v) is 7.73. The number of halogens is 2. The van der Waals surface area contributed by atoms with Crippen LogP contribution in [-0.2, 0) is 0 Å². The monoisotopic (exact) mass is 461 g/mol. The van der Waals surface area contributed by atoms with Crippen molar-refractivity contribution in [3.8, 4) is 38.4 Å². The number of nitrogens with zero attached hydrogens (tertiary/aromatic N) is 4. The zero-order valence-electron chi connectivity index (χ0n) is 15.3. The fourth-order valence-electron chi connectivity index (χ4n) is 2.59. The molecule has 0 saturated carbocycles. The summed E-state index contributed by atoms with van der Waals surface area (Å²) in [7, 11) is 1.46. The Bertz CT molecular complexity index is 1240. The molecule has 0 aliphatic heterocycles. The van der Waals surface area contributed by atoms with Crippen LogP contribution in [0.3, 0.4) is 0 Å². The number of nitrogens with one attached hydrogen (secondary N) is 2. The van der Waals surface area contributed by atoms with Gasteiger partial charge in [0.2, 0.25) is 11.8 Å². The number of thiazole rings is 1. The number of hydrogen-bond donors (Lipinski definition) is 3. The molecule has 0 unspecified atom stereocenters. The van der Waals surface area contributed by atoms with Crippen LogP contribution in [0, 0.1) is 0 Å². The summed E-state index contributed by atoms with van der Waals surface area (Å²) in [6.45, 7) is 0. The minimum atomic E-state index is -0.620. The summed E-state index contributed by atoms with van der Waals surface area (Å²) in [5, 5.41) is 10.6. The minimum absolute atomic E-state index is 0.110. The van der Waals surface area contributed by atoms with Gasteiger partial charge in [0.15, 0.2) is 5.82 Å². The van der Waals surface area contributed by atoms with Gasteiger partial charge in [0.25, 0.3) is 0 Å². The van der Waals surface area contributed by atoms with E-state index in [0.29, 0.717) is 42.6 Å². The summed E-state index contributed by atoms with van der Waals surface area (Å²) in [5.74, 6) is 0.699. The zero-order valence-corrected chi connectivity index (χ0v) is 17.6. The lowest BCUT2D eigenvalue weighted by atomic mass is 10.1. The number of carbonyl (C=O) groups is 1. The van der Waals surface area contributed by atoms with Crippen molar-refractivity contribution in [3.05, 3.63) is 46.6 Å². The predicted octanol–water partition coefficient (Wildman–Crippen LogP) is 4.26. The molecule has 0 fully saturated rings. The SMILES string of the molecule is CNC(=O)Oc1cc(-c2nc(-c3ccc(Cl)cc3Cl)c(-c3nc(N)n[nH]3)s2)ccn1. The molecule has 30 heavy (non-hydrogen) atoms. The highest BCUT2D eigenvalue weighted by molar-refractivity contribution is 7.18. The molecule has 0 bridgehead atoms. The standard InChI is InChI=1S/C18H13Cl2N7O2S/c1-22-18(28)29-12-6-8(4-5-23-12)16-24-13(10-3-2-9(19)7-11(10)20)14(30-16)15-25-17(21)27-26-15/h2-7H,1H3,(H,22,28)(H3,21,25,26,27). The molecule has 152 valence electrons. The Hall–Kier alpha value is -3.21. The second-order valence-electron chi connectivity index (χ2n) is 5.89. The zero-order chi connectivity index (χ0) is 21.3. The molecule has 4 N–H and O–H groups in total. The molecule has 3 heterocycles. The van der Waals surface area contributed by atoms with Gasteiger partial charge < -0.3 is 15.8 Å². The normalized spacial score (nSPS) is 10.8. The summed E-state index contributed by atoms with van der Waals surface area (Å²) in [4.78, 5) is 25.2. The van der Waals surface area contributed by atoms with Crippen LogP contribution in [0.5, 0.6) is 5.88 Å². The number of pyridine rings is 1. The molecule has 0 aliphatic rings. The number of H-pyrrole nitrogens is 1. The van der Waals surface area contributed by atoms with Gasteiger partial charge in [0, 0.05) is 35.5 Å². The molecule has 4 rings (SSSR count). The van der Waals surface area contributed by atoms with Gasteiger partial charge in [0.1, 0.15) is 5.01 Å². The number of hydrogen-bond acceptors (Lipinski definition) is 8. The predicted molar refractivity (Wildman–Crippen MR) is 116 cm³/mol. The molecule has 0 aliphatic carbocycles. The van der Waals surface area contributed by atoms with Crippen molar-refractivity contribution in [1.82, 2.24) is 30.5 Å². The van der Waals surface area contributed by atoms with Gasteiger partial charge >= 0.3 is 6.09 Å². The third kappa shape index (κ3) is 4.06. The number of anilines is 1. The fourth-order valence-corrected chi connectivity index (χ4v) is 4.10. The molecular formula is C18H13Cl2N7O2S. The number of aromatic nitrogens is 5. The van der Waals surface area contributed by atoms with Crippen molar-refractivity contribution in [2.75, 3.05) is 12.8 Å². The Morgan fingerprint density at radius 2 is 2.07 bits per heavy atom. The molecule has 4 aromatic rings. The quantitative estimate of drug-likeness (QED) is 0.413. The molecule has 1 amide bonds. The van der Waals surface area contributed by atoms with E-state index in [0.717, 1.165) is 0 Å². The van der Waals surface area contributed by atoms with Gasteiger partial charge in [-0.05, 0) is 24.3 Å². The van der Waals surface area contributed by atoms with Crippen molar-refractivity contribution in [1.29, 1.82) is 0 Å². The number of benzene rings is 1. The molecule has 0 atom stereocenters. The Balaban J connectivity index is 1.84. The Morgan fingerprint density at radius 3 is 2.77 bits per heavy atom. The number of rotatable bonds is 4. The molecule has 12 heteroatoms. The Kier molecular flexibility index (Phi) is 5.53. The Labute approximate surface area is 184 Å². The van der Waals surface area contributed by atoms with Crippen LogP contribution < -0.4 is 15.8 Å². The molecule has 1 aromatic carbocycles. The highest BCUT2D eigenvalue weighted by atomic mass is 35.5. The summed E-state index contributed by atoms with van der Waals surface area (Å²) in [6.07, 6.45) is 0.904. The number of amides is 1. The van der Waals surface area contributed by atoms with Gasteiger partial charge in [-0.1, -0.05) is 23.2 Å². The number of ether oxygens (including phenoxy) is 1. The third-order valence-corrected chi connectivity index (χ3v) is 5.57. The van der Waals surface area contributed by atoms with Crippen LogP contribution in [-0.4, -0.2) is 38.3 Å². The van der Waals surface area contributed by atoms with Gasteiger partial charge in [0.05, 0.1) is 15.6 Å². The maximum atomic E-state index is 11.5. The summed E-state index contributed by atoms with van der Waals surface area (Å²) < 4.78 is 5.10. The van der Waals surface area contributed by atoms with Gasteiger partial charge in [-0.25, -0.2) is 14.8 Å². The van der Waals surface area contributed by atoms with Crippen LogP contribution in [0.2, 0.25) is 10.0 Å². The van der Waals surface area contributed by atoms with Gasteiger partial charge in [-0.3, -0.25) is 5.10 Å². The van der Waals surface area contributed by atoms with Gasteiger partial charge in [-0.15, -0.1) is 16.4 Å². The van der Waals surface area contributed by atoms with E-state index in [9.17, 15) is 4.79 Å². The maximum absolute atomic E-state index is 11.5. The maximum Gasteiger partial charge on any atom is 0.413 e. The van der Waals surface area contributed by atoms with Crippen LogP contribution in [0.1, 0.15) is 0 Å². The van der Waals surface area contributed by atoms with E-state index in [2.05, 4.69) is 25.5 Å². The number of nitrogen functional groups attached to an aromatic ring is 1. The van der Waals surface area contributed by atoms with Crippen LogP contribution in [0.15, 0.2) is 36.5 Å². The van der Waals surface area contributed by atoms with E-state index in [4.69, 9.17) is 38.7 Å². The van der Waals surface area contributed by atoms with E-state index in [1.165, 1.54) is 24.6 Å². The molecular weight excluding hydrogens is 449 g/mol.